The molecule has 0 fully saturated rings. The van der Waals surface area contributed by atoms with Gasteiger partial charge in [0, 0.05) is 23.4 Å². The summed E-state index contributed by atoms with van der Waals surface area (Å²) >= 11 is 0. The number of nitrogens with zero attached hydrogens (tertiary/aromatic N) is 2. The minimum atomic E-state index is 0.105. The molecule has 5 rings (SSSR count). The van der Waals surface area contributed by atoms with Gasteiger partial charge in [-0.25, -0.2) is 0 Å². The van der Waals surface area contributed by atoms with Gasteiger partial charge in [-0.3, -0.25) is 9.97 Å². The van der Waals surface area contributed by atoms with Crippen molar-refractivity contribution in [3.63, 3.8) is 0 Å². The van der Waals surface area contributed by atoms with Gasteiger partial charge in [-0.2, -0.15) is 0 Å². The second-order valence-corrected chi connectivity index (χ2v) is 11.7. The zero-order valence-corrected chi connectivity index (χ0v) is 24.4. The van der Waals surface area contributed by atoms with E-state index < -0.39 is 0 Å². The number of unbranched alkanes of at least 4 members (excludes halogenated alkanes) is 6. The smallest absolute Gasteiger partial charge is 0.0886 e. The fraction of sp³-hybridized carbons (Fsp3) is 0.405. The largest absolute Gasteiger partial charge is 0.254 e. The van der Waals surface area contributed by atoms with Crippen LogP contribution in [0.3, 0.4) is 0 Å². The molecule has 0 bridgehead atoms. The lowest BCUT2D eigenvalue weighted by molar-refractivity contribution is 0.401. The summed E-state index contributed by atoms with van der Waals surface area (Å²) in [6.07, 6.45) is 16.8. The van der Waals surface area contributed by atoms with Crippen molar-refractivity contribution >= 4 is 0 Å². The molecule has 2 nitrogen and oxygen atoms in total. The highest BCUT2D eigenvalue weighted by Gasteiger charge is 2.42. The monoisotopic (exact) mass is 516 g/mol. The van der Waals surface area contributed by atoms with E-state index in [0.717, 1.165) is 17.0 Å². The highest BCUT2D eigenvalue weighted by Crippen LogP contribution is 2.55. The first-order chi connectivity index (χ1) is 19.1. The Balaban J connectivity index is 1.54. The standard InChI is InChI=1S/C37H44N2/c1-5-7-9-11-21-37(22-12-10-8-6-2)33-23-27(3)13-17-31(33)32-18-15-29(24-34(32)37)30-16-20-36(39-26-30)35-19-14-28(4)25-38-35/h13-20,23-26H,5-12,21-22H2,1-4H3. The van der Waals surface area contributed by atoms with Crippen LogP contribution < -0.4 is 0 Å². The van der Waals surface area contributed by atoms with E-state index in [9.17, 15) is 0 Å². The maximum absolute atomic E-state index is 4.81. The van der Waals surface area contributed by atoms with Gasteiger partial charge in [0.2, 0.25) is 0 Å². The van der Waals surface area contributed by atoms with Crippen molar-refractivity contribution in [3.05, 3.63) is 95.3 Å². The number of hydrogen-bond acceptors (Lipinski definition) is 2. The lowest BCUT2D eigenvalue weighted by Gasteiger charge is -2.33. The SMILES string of the molecule is CCCCCCC1(CCCCCC)c2cc(C)ccc2-c2ccc(-c3ccc(-c4ccc(C)cn4)nc3)cc21. The van der Waals surface area contributed by atoms with E-state index in [1.54, 1.807) is 5.56 Å². The molecule has 2 heterocycles. The Morgan fingerprint density at radius 2 is 1.10 bits per heavy atom. The number of aryl methyl sites for hydroxylation is 2. The van der Waals surface area contributed by atoms with Gasteiger partial charge in [0.05, 0.1) is 11.4 Å². The first-order valence-electron chi connectivity index (χ1n) is 15.2. The van der Waals surface area contributed by atoms with Gasteiger partial charge in [0.25, 0.3) is 0 Å². The Morgan fingerprint density at radius 3 is 1.69 bits per heavy atom. The molecule has 0 saturated heterocycles. The van der Waals surface area contributed by atoms with E-state index in [4.69, 9.17) is 4.98 Å². The van der Waals surface area contributed by atoms with Crippen LogP contribution in [-0.4, -0.2) is 9.97 Å². The third-order valence-electron chi connectivity index (χ3n) is 8.70. The van der Waals surface area contributed by atoms with Crippen LogP contribution >= 0.6 is 0 Å². The number of rotatable bonds is 12. The third kappa shape index (κ3) is 5.71. The van der Waals surface area contributed by atoms with Gasteiger partial charge < -0.3 is 0 Å². The lowest BCUT2D eigenvalue weighted by atomic mass is 9.70. The molecule has 2 aromatic carbocycles. The number of benzene rings is 2. The molecule has 2 heteroatoms. The molecular weight excluding hydrogens is 472 g/mol. The van der Waals surface area contributed by atoms with Crippen molar-refractivity contribution in [2.75, 3.05) is 0 Å². The second kappa shape index (κ2) is 12.3. The van der Waals surface area contributed by atoms with E-state index in [1.807, 2.05) is 12.4 Å². The summed E-state index contributed by atoms with van der Waals surface area (Å²) < 4.78 is 0. The van der Waals surface area contributed by atoms with Crippen LogP contribution in [0.2, 0.25) is 0 Å². The van der Waals surface area contributed by atoms with Gasteiger partial charge in [-0.05, 0) is 78.3 Å². The first-order valence-corrected chi connectivity index (χ1v) is 15.2. The van der Waals surface area contributed by atoms with Crippen LogP contribution in [-0.2, 0) is 5.41 Å². The molecule has 0 atom stereocenters. The average molecular weight is 517 g/mol. The minimum absolute atomic E-state index is 0.105. The van der Waals surface area contributed by atoms with Crippen molar-refractivity contribution < 1.29 is 0 Å². The Bertz CT molecular complexity index is 1370. The molecule has 0 unspecified atom stereocenters. The molecule has 0 aliphatic heterocycles. The predicted molar refractivity (Wildman–Crippen MR) is 166 cm³/mol. The van der Waals surface area contributed by atoms with Gasteiger partial charge >= 0.3 is 0 Å². The Labute approximate surface area is 236 Å². The van der Waals surface area contributed by atoms with E-state index in [1.165, 1.54) is 97.6 Å². The maximum atomic E-state index is 4.81. The van der Waals surface area contributed by atoms with Crippen molar-refractivity contribution in [2.45, 2.75) is 97.3 Å². The summed E-state index contributed by atoms with van der Waals surface area (Å²) in [6.45, 7) is 8.94. The lowest BCUT2D eigenvalue weighted by Crippen LogP contribution is -2.25. The topological polar surface area (TPSA) is 25.8 Å². The molecular formula is C37H44N2. The normalized spacial score (nSPS) is 13.3. The summed E-state index contributed by atoms with van der Waals surface area (Å²) in [5.74, 6) is 0. The van der Waals surface area contributed by atoms with E-state index in [2.05, 4.69) is 93.3 Å². The molecule has 0 amide bonds. The molecule has 0 radical (unpaired) electrons. The molecule has 0 N–H and O–H groups in total. The van der Waals surface area contributed by atoms with Crippen LogP contribution in [0.1, 0.15) is 100 Å². The van der Waals surface area contributed by atoms with Gasteiger partial charge in [-0.1, -0.05) is 113 Å². The number of fused-ring (bicyclic) bond motifs is 3. The van der Waals surface area contributed by atoms with Gasteiger partial charge in [0.1, 0.15) is 0 Å². The number of aromatic nitrogens is 2. The van der Waals surface area contributed by atoms with Gasteiger partial charge in [0.15, 0.2) is 0 Å². The van der Waals surface area contributed by atoms with Crippen LogP contribution in [0.15, 0.2) is 73.1 Å². The van der Waals surface area contributed by atoms with Gasteiger partial charge in [-0.15, -0.1) is 0 Å². The zero-order valence-electron chi connectivity index (χ0n) is 24.4. The fourth-order valence-electron chi connectivity index (χ4n) is 6.49. The summed E-state index contributed by atoms with van der Waals surface area (Å²) in [5.41, 5.74) is 12.9. The van der Waals surface area contributed by atoms with Crippen molar-refractivity contribution in [2.24, 2.45) is 0 Å². The highest BCUT2D eigenvalue weighted by atomic mass is 14.8. The molecule has 39 heavy (non-hydrogen) atoms. The Hall–Kier alpha value is -3.26. The third-order valence-corrected chi connectivity index (χ3v) is 8.70. The number of pyridine rings is 2. The van der Waals surface area contributed by atoms with Crippen molar-refractivity contribution in [1.82, 2.24) is 9.97 Å². The van der Waals surface area contributed by atoms with E-state index >= 15 is 0 Å². The van der Waals surface area contributed by atoms with Crippen LogP contribution in [0.5, 0.6) is 0 Å². The molecule has 4 aromatic rings. The molecule has 1 aliphatic carbocycles. The fourth-order valence-corrected chi connectivity index (χ4v) is 6.49. The average Bonchev–Trinajstić information content (AvgIpc) is 3.22. The van der Waals surface area contributed by atoms with E-state index in [0.29, 0.717) is 0 Å². The molecule has 2 aromatic heterocycles. The van der Waals surface area contributed by atoms with Crippen molar-refractivity contribution in [1.29, 1.82) is 0 Å². The van der Waals surface area contributed by atoms with E-state index in [-0.39, 0.29) is 5.41 Å². The van der Waals surface area contributed by atoms with Crippen LogP contribution in [0.25, 0.3) is 33.6 Å². The number of hydrogen-bond donors (Lipinski definition) is 0. The quantitative estimate of drug-likeness (QED) is 0.175. The van der Waals surface area contributed by atoms with Crippen LogP contribution in [0.4, 0.5) is 0 Å². The Kier molecular flexibility index (Phi) is 8.60. The molecule has 0 spiro atoms. The maximum Gasteiger partial charge on any atom is 0.0886 e. The molecule has 0 saturated carbocycles. The molecule has 202 valence electrons. The highest BCUT2D eigenvalue weighted by molar-refractivity contribution is 5.84. The summed E-state index contributed by atoms with van der Waals surface area (Å²) in [7, 11) is 0. The second-order valence-electron chi connectivity index (χ2n) is 11.7. The molecule has 1 aliphatic rings. The Morgan fingerprint density at radius 1 is 0.538 bits per heavy atom. The summed E-state index contributed by atoms with van der Waals surface area (Å²) in [6, 6.07) is 22.8. The predicted octanol–water partition coefficient (Wildman–Crippen LogP) is 10.6. The summed E-state index contributed by atoms with van der Waals surface area (Å²) in [5, 5.41) is 0. The minimum Gasteiger partial charge on any atom is -0.254 e. The zero-order chi connectivity index (χ0) is 27.2. The summed E-state index contributed by atoms with van der Waals surface area (Å²) in [4.78, 5) is 9.38. The van der Waals surface area contributed by atoms with Crippen molar-refractivity contribution in [3.8, 4) is 33.6 Å². The first kappa shape index (κ1) is 27.3. The van der Waals surface area contributed by atoms with Crippen LogP contribution in [0, 0.1) is 13.8 Å².